The van der Waals surface area contributed by atoms with Crippen LogP contribution in [0, 0.1) is 5.92 Å². The summed E-state index contributed by atoms with van der Waals surface area (Å²) in [5, 5.41) is 1.27. The van der Waals surface area contributed by atoms with Crippen LogP contribution in [0.1, 0.15) is 18.4 Å². The van der Waals surface area contributed by atoms with Gasteiger partial charge in [0.1, 0.15) is 0 Å². The highest BCUT2D eigenvalue weighted by Crippen LogP contribution is 2.43. The number of hydrogen-bond acceptors (Lipinski definition) is 3. The van der Waals surface area contributed by atoms with Crippen LogP contribution < -0.4 is 5.73 Å². The van der Waals surface area contributed by atoms with Gasteiger partial charge in [-0.1, -0.05) is 18.2 Å². The largest absolute Gasteiger partial charge is 0.323 e. The SMILES string of the molecule is NC1(C2CC2)CN(Cc2ccnc3ccccc23)C1. The summed E-state index contributed by atoms with van der Waals surface area (Å²) >= 11 is 0. The lowest BCUT2D eigenvalue weighted by molar-refractivity contribution is 0.0481. The van der Waals surface area contributed by atoms with E-state index in [9.17, 15) is 0 Å². The number of likely N-dealkylation sites (tertiary alicyclic amines) is 1. The fourth-order valence-electron chi connectivity index (χ4n) is 3.35. The van der Waals surface area contributed by atoms with Crippen LogP contribution in [-0.2, 0) is 6.54 Å². The summed E-state index contributed by atoms with van der Waals surface area (Å²) in [7, 11) is 0. The molecule has 3 nitrogen and oxygen atoms in total. The highest BCUT2D eigenvalue weighted by molar-refractivity contribution is 5.81. The number of benzene rings is 1. The maximum Gasteiger partial charge on any atom is 0.0705 e. The standard InChI is InChI=1S/C16H19N3/c17-16(13-5-6-13)10-19(11-16)9-12-7-8-18-15-4-2-1-3-14(12)15/h1-4,7-8,13H,5-6,9-11,17H2. The van der Waals surface area contributed by atoms with E-state index < -0.39 is 0 Å². The Morgan fingerprint density at radius 3 is 2.79 bits per heavy atom. The van der Waals surface area contributed by atoms with E-state index in [0.717, 1.165) is 31.1 Å². The summed E-state index contributed by atoms with van der Waals surface area (Å²) in [6, 6.07) is 10.5. The summed E-state index contributed by atoms with van der Waals surface area (Å²) in [4.78, 5) is 6.88. The predicted octanol–water partition coefficient (Wildman–Crippen LogP) is 2.16. The number of aromatic nitrogens is 1. The van der Waals surface area contributed by atoms with E-state index in [-0.39, 0.29) is 5.54 Å². The first-order chi connectivity index (χ1) is 9.24. The van der Waals surface area contributed by atoms with Crippen molar-refractivity contribution >= 4 is 10.9 Å². The van der Waals surface area contributed by atoms with Crippen LogP contribution in [0.2, 0.25) is 0 Å². The molecule has 98 valence electrons. The van der Waals surface area contributed by atoms with Gasteiger partial charge in [-0.3, -0.25) is 9.88 Å². The molecule has 2 aliphatic rings. The van der Waals surface area contributed by atoms with Crippen molar-refractivity contribution in [3.05, 3.63) is 42.1 Å². The summed E-state index contributed by atoms with van der Waals surface area (Å²) in [6.07, 6.45) is 4.58. The topological polar surface area (TPSA) is 42.1 Å². The molecule has 2 aromatic rings. The van der Waals surface area contributed by atoms with Gasteiger partial charge in [-0.15, -0.1) is 0 Å². The molecule has 1 aromatic carbocycles. The number of hydrogen-bond donors (Lipinski definition) is 1. The number of rotatable bonds is 3. The van der Waals surface area contributed by atoms with Crippen molar-refractivity contribution in [2.45, 2.75) is 24.9 Å². The second-order valence-corrected chi connectivity index (χ2v) is 6.14. The van der Waals surface area contributed by atoms with E-state index in [1.807, 2.05) is 12.3 Å². The van der Waals surface area contributed by atoms with E-state index in [2.05, 4.69) is 34.1 Å². The monoisotopic (exact) mass is 253 g/mol. The van der Waals surface area contributed by atoms with Gasteiger partial charge in [0.15, 0.2) is 0 Å². The molecule has 0 radical (unpaired) electrons. The lowest BCUT2D eigenvalue weighted by atomic mass is 9.85. The molecular weight excluding hydrogens is 234 g/mol. The predicted molar refractivity (Wildman–Crippen MR) is 76.7 cm³/mol. The highest BCUT2D eigenvalue weighted by atomic mass is 15.3. The first kappa shape index (κ1) is 11.4. The minimum absolute atomic E-state index is 0.114. The molecule has 1 saturated carbocycles. The first-order valence-corrected chi connectivity index (χ1v) is 7.08. The zero-order valence-corrected chi connectivity index (χ0v) is 11.0. The summed E-state index contributed by atoms with van der Waals surface area (Å²) < 4.78 is 0. The second-order valence-electron chi connectivity index (χ2n) is 6.14. The highest BCUT2D eigenvalue weighted by Gasteiger charge is 2.49. The van der Waals surface area contributed by atoms with Gasteiger partial charge in [0.05, 0.1) is 5.52 Å². The lowest BCUT2D eigenvalue weighted by Crippen LogP contribution is -2.68. The van der Waals surface area contributed by atoms with Gasteiger partial charge in [0, 0.05) is 36.8 Å². The molecule has 0 amide bonds. The van der Waals surface area contributed by atoms with Crippen molar-refractivity contribution in [1.82, 2.24) is 9.88 Å². The molecule has 0 unspecified atom stereocenters. The van der Waals surface area contributed by atoms with Gasteiger partial charge in [0.25, 0.3) is 0 Å². The number of fused-ring (bicyclic) bond motifs is 1. The minimum atomic E-state index is 0.114. The molecule has 1 aliphatic carbocycles. The van der Waals surface area contributed by atoms with Gasteiger partial charge in [-0.2, -0.15) is 0 Å². The van der Waals surface area contributed by atoms with Crippen molar-refractivity contribution in [2.75, 3.05) is 13.1 Å². The van der Waals surface area contributed by atoms with Crippen LogP contribution in [-0.4, -0.2) is 28.5 Å². The maximum absolute atomic E-state index is 6.41. The maximum atomic E-state index is 6.41. The zero-order valence-electron chi connectivity index (χ0n) is 11.0. The molecule has 1 saturated heterocycles. The Morgan fingerprint density at radius 2 is 2.00 bits per heavy atom. The Bertz CT molecular complexity index is 607. The molecule has 2 N–H and O–H groups in total. The number of para-hydroxylation sites is 1. The fraction of sp³-hybridized carbons (Fsp3) is 0.438. The number of nitrogens with zero attached hydrogens (tertiary/aromatic N) is 2. The number of nitrogens with two attached hydrogens (primary N) is 1. The molecule has 0 spiro atoms. The van der Waals surface area contributed by atoms with Gasteiger partial charge in [-0.25, -0.2) is 0 Å². The molecule has 19 heavy (non-hydrogen) atoms. The molecule has 1 aliphatic heterocycles. The molecular formula is C16H19N3. The molecule has 0 bridgehead atoms. The molecule has 2 heterocycles. The minimum Gasteiger partial charge on any atom is -0.323 e. The van der Waals surface area contributed by atoms with Crippen LogP contribution in [0.4, 0.5) is 0 Å². The lowest BCUT2D eigenvalue weighted by Gasteiger charge is -2.48. The van der Waals surface area contributed by atoms with Gasteiger partial charge in [0.2, 0.25) is 0 Å². The van der Waals surface area contributed by atoms with Crippen molar-refractivity contribution in [3.63, 3.8) is 0 Å². The Balaban J connectivity index is 1.53. The second kappa shape index (κ2) is 4.02. The average Bonchev–Trinajstić information content (AvgIpc) is 3.22. The van der Waals surface area contributed by atoms with Crippen LogP contribution >= 0.6 is 0 Å². The third-order valence-corrected chi connectivity index (χ3v) is 4.56. The Kier molecular flexibility index (Phi) is 2.41. The molecule has 4 rings (SSSR count). The van der Waals surface area contributed by atoms with E-state index in [1.54, 1.807) is 0 Å². The Hall–Kier alpha value is -1.45. The van der Waals surface area contributed by atoms with Gasteiger partial charge in [-0.05, 0) is 36.5 Å². The number of pyridine rings is 1. The van der Waals surface area contributed by atoms with Gasteiger partial charge < -0.3 is 5.73 Å². The quantitative estimate of drug-likeness (QED) is 0.911. The normalized spacial score (nSPS) is 22.4. The summed E-state index contributed by atoms with van der Waals surface area (Å²) in [6.45, 7) is 3.09. The zero-order chi connectivity index (χ0) is 12.9. The van der Waals surface area contributed by atoms with Crippen molar-refractivity contribution < 1.29 is 0 Å². The molecule has 3 heteroatoms. The van der Waals surface area contributed by atoms with Crippen molar-refractivity contribution in [1.29, 1.82) is 0 Å². The Morgan fingerprint density at radius 1 is 1.21 bits per heavy atom. The van der Waals surface area contributed by atoms with Crippen LogP contribution in [0.15, 0.2) is 36.5 Å². The third-order valence-electron chi connectivity index (χ3n) is 4.56. The molecule has 0 atom stereocenters. The van der Waals surface area contributed by atoms with Crippen molar-refractivity contribution in [2.24, 2.45) is 11.7 Å². The van der Waals surface area contributed by atoms with E-state index >= 15 is 0 Å². The molecule has 1 aromatic heterocycles. The fourth-order valence-corrected chi connectivity index (χ4v) is 3.35. The van der Waals surface area contributed by atoms with Crippen LogP contribution in [0.3, 0.4) is 0 Å². The third kappa shape index (κ3) is 1.94. The summed E-state index contributed by atoms with van der Waals surface area (Å²) in [5.74, 6) is 0.790. The molecule has 2 fully saturated rings. The average molecular weight is 253 g/mol. The summed E-state index contributed by atoms with van der Waals surface area (Å²) in [5.41, 5.74) is 8.97. The van der Waals surface area contributed by atoms with Crippen LogP contribution in [0.25, 0.3) is 10.9 Å². The van der Waals surface area contributed by atoms with E-state index in [4.69, 9.17) is 5.73 Å². The first-order valence-electron chi connectivity index (χ1n) is 7.08. The van der Waals surface area contributed by atoms with Gasteiger partial charge >= 0.3 is 0 Å². The van der Waals surface area contributed by atoms with E-state index in [0.29, 0.717) is 0 Å². The van der Waals surface area contributed by atoms with Crippen LogP contribution in [0.5, 0.6) is 0 Å². The van der Waals surface area contributed by atoms with Crippen molar-refractivity contribution in [3.8, 4) is 0 Å². The Labute approximate surface area is 113 Å². The smallest absolute Gasteiger partial charge is 0.0705 e. The van der Waals surface area contributed by atoms with E-state index in [1.165, 1.54) is 23.8 Å².